The second-order valence-corrected chi connectivity index (χ2v) is 8.35. The van der Waals surface area contributed by atoms with Crippen molar-refractivity contribution in [1.29, 1.82) is 0 Å². The number of nitrogens with one attached hydrogen (secondary N) is 1. The fourth-order valence-electron chi connectivity index (χ4n) is 2.70. The summed E-state index contributed by atoms with van der Waals surface area (Å²) >= 11 is 12.3. The van der Waals surface area contributed by atoms with Gasteiger partial charge in [0.05, 0.1) is 5.69 Å². The van der Waals surface area contributed by atoms with Gasteiger partial charge in [-0.15, -0.1) is 0 Å². The summed E-state index contributed by atoms with van der Waals surface area (Å²) in [5.74, 6) is 0.282. The largest absolute Gasteiger partial charge is 0.296 e. The first kappa shape index (κ1) is 18.7. The van der Waals surface area contributed by atoms with E-state index in [1.165, 1.54) is 0 Å². The average molecular weight is 391 g/mol. The molecule has 3 aromatic rings. The molecule has 3 rings (SSSR count). The first-order valence-electron chi connectivity index (χ1n) is 8.25. The van der Waals surface area contributed by atoms with Crippen LogP contribution in [0.15, 0.2) is 30.3 Å². The SMILES string of the molecule is Cc1ccc2nc(NC(=O)CC(C)(C)C)n(-c3cc(Cl)cc(Cl)c3)c2n1. The number of imidazole rings is 1. The van der Waals surface area contributed by atoms with E-state index in [2.05, 4.69) is 15.3 Å². The summed E-state index contributed by atoms with van der Waals surface area (Å²) in [6.07, 6.45) is 0.374. The summed E-state index contributed by atoms with van der Waals surface area (Å²) in [7, 11) is 0. The summed E-state index contributed by atoms with van der Waals surface area (Å²) < 4.78 is 1.76. The van der Waals surface area contributed by atoms with Crippen molar-refractivity contribution in [1.82, 2.24) is 14.5 Å². The zero-order valence-electron chi connectivity index (χ0n) is 15.1. The molecule has 2 aromatic heterocycles. The molecule has 0 unspecified atom stereocenters. The van der Waals surface area contributed by atoms with E-state index in [-0.39, 0.29) is 11.3 Å². The lowest BCUT2D eigenvalue weighted by molar-refractivity contribution is -0.117. The molecule has 26 heavy (non-hydrogen) atoms. The number of nitrogens with zero attached hydrogens (tertiary/aromatic N) is 3. The Balaban J connectivity index is 2.15. The number of halogens is 2. The molecular formula is C19H20Cl2N4O. The Kier molecular flexibility index (Phi) is 4.95. The number of pyridine rings is 1. The molecule has 1 amide bonds. The van der Waals surface area contributed by atoms with Crippen LogP contribution < -0.4 is 5.32 Å². The molecular weight excluding hydrogens is 371 g/mol. The van der Waals surface area contributed by atoms with Gasteiger partial charge in [0.15, 0.2) is 5.65 Å². The summed E-state index contributed by atoms with van der Waals surface area (Å²) in [5, 5.41) is 3.89. The fourth-order valence-corrected chi connectivity index (χ4v) is 3.21. The van der Waals surface area contributed by atoms with Crippen LogP contribution >= 0.6 is 23.2 Å². The molecule has 2 heterocycles. The van der Waals surface area contributed by atoms with Crippen molar-refractivity contribution >= 4 is 46.2 Å². The van der Waals surface area contributed by atoms with Crippen molar-refractivity contribution in [3.8, 4) is 5.69 Å². The van der Waals surface area contributed by atoms with Crippen molar-refractivity contribution in [3.63, 3.8) is 0 Å². The summed E-state index contributed by atoms with van der Waals surface area (Å²) in [4.78, 5) is 21.6. The first-order chi connectivity index (χ1) is 12.1. The minimum Gasteiger partial charge on any atom is -0.296 e. The number of rotatable bonds is 3. The molecule has 0 atom stereocenters. The van der Waals surface area contributed by atoms with E-state index in [1.54, 1.807) is 22.8 Å². The van der Waals surface area contributed by atoms with Crippen molar-refractivity contribution in [2.24, 2.45) is 5.41 Å². The minimum absolute atomic E-state index is 0.112. The van der Waals surface area contributed by atoms with Crippen LogP contribution in [-0.4, -0.2) is 20.4 Å². The normalized spacial score (nSPS) is 11.8. The van der Waals surface area contributed by atoms with Crippen molar-refractivity contribution in [3.05, 3.63) is 46.1 Å². The average Bonchev–Trinajstić information content (AvgIpc) is 2.80. The Morgan fingerprint density at radius 3 is 2.38 bits per heavy atom. The van der Waals surface area contributed by atoms with E-state index in [0.717, 1.165) is 5.69 Å². The van der Waals surface area contributed by atoms with Gasteiger partial charge < -0.3 is 0 Å². The number of hydrogen-bond acceptors (Lipinski definition) is 3. The highest BCUT2D eigenvalue weighted by molar-refractivity contribution is 6.34. The van der Waals surface area contributed by atoms with Crippen LogP contribution in [0.3, 0.4) is 0 Å². The Labute approximate surface area is 162 Å². The predicted molar refractivity (Wildman–Crippen MR) is 106 cm³/mol. The third kappa shape index (κ3) is 4.17. The van der Waals surface area contributed by atoms with Crippen LogP contribution in [0.2, 0.25) is 10.0 Å². The molecule has 1 N–H and O–H groups in total. The van der Waals surface area contributed by atoms with Crippen LogP contribution in [0, 0.1) is 12.3 Å². The zero-order chi connectivity index (χ0) is 19.1. The van der Waals surface area contributed by atoms with Gasteiger partial charge in [-0.2, -0.15) is 0 Å². The lowest BCUT2D eigenvalue weighted by Gasteiger charge is -2.17. The van der Waals surface area contributed by atoms with E-state index in [1.807, 2.05) is 39.8 Å². The van der Waals surface area contributed by atoms with Crippen LogP contribution in [0.25, 0.3) is 16.9 Å². The van der Waals surface area contributed by atoms with Gasteiger partial charge >= 0.3 is 0 Å². The van der Waals surface area contributed by atoms with E-state index in [0.29, 0.717) is 39.3 Å². The molecule has 0 spiro atoms. The highest BCUT2D eigenvalue weighted by Gasteiger charge is 2.20. The molecule has 136 valence electrons. The molecule has 0 saturated carbocycles. The minimum atomic E-state index is -0.130. The van der Waals surface area contributed by atoms with Gasteiger partial charge in [-0.1, -0.05) is 44.0 Å². The van der Waals surface area contributed by atoms with Crippen molar-refractivity contribution < 1.29 is 4.79 Å². The number of carbonyl (C=O) groups is 1. The molecule has 0 bridgehead atoms. The zero-order valence-corrected chi connectivity index (χ0v) is 16.6. The van der Waals surface area contributed by atoms with Crippen LogP contribution in [-0.2, 0) is 4.79 Å². The maximum Gasteiger partial charge on any atom is 0.227 e. The van der Waals surface area contributed by atoms with Gasteiger partial charge in [0.25, 0.3) is 0 Å². The number of aryl methyl sites for hydroxylation is 1. The topological polar surface area (TPSA) is 59.8 Å². The highest BCUT2D eigenvalue weighted by atomic mass is 35.5. The molecule has 5 nitrogen and oxygen atoms in total. The third-order valence-electron chi connectivity index (χ3n) is 3.69. The molecule has 0 fully saturated rings. The van der Waals surface area contributed by atoms with E-state index >= 15 is 0 Å². The highest BCUT2D eigenvalue weighted by Crippen LogP contribution is 2.29. The predicted octanol–water partition coefficient (Wildman–Crippen LogP) is 5.41. The van der Waals surface area contributed by atoms with Gasteiger partial charge in [0.1, 0.15) is 5.52 Å². The van der Waals surface area contributed by atoms with E-state index in [9.17, 15) is 4.79 Å². The molecule has 7 heteroatoms. The lowest BCUT2D eigenvalue weighted by Crippen LogP contribution is -2.21. The number of carbonyl (C=O) groups excluding carboxylic acids is 1. The molecule has 0 aliphatic rings. The number of benzene rings is 1. The maximum atomic E-state index is 12.5. The van der Waals surface area contributed by atoms with Crippen molar-refractivity contribution in [2.45, 2.75) is 34.1 Å². The summed E-state index contributed by atoms with van der Waals surface area (Å²) in [6, 6.07) is 8.93. The number of fused-ring (bicyclic) bond motifs is 1. The summed E-state index contributed by atoms with van der Waals surface area (Å²) in [6.45, 7) is 7.94. The molecule has 0 aliphatic heterocycles. The molecule has 0 radical (unpaired) electrons. The molecule has 0 aliphatic carbocycles. The fraction of sp³-hybridized carbons (Fsp3) is 0.316. The quantitative estimate of drug-likeness (QED) is 0.649. The van der Waals surface area contributed by atoms with Gasteiger partial charge in [-0.05, 0) is 42.7 Å². The monoisotopic (exact) mass is 390 g/mol. The molecule has 1 aromatic carbocycles. The van der Waals surface area contributed by atoms with Crippen LogP contribution in [0.5, 0.6) is 0 Å². The van der Waals surface area contributed by atoms with Crippen LogP contribution in [0.4, 0.5) is 5.95 Å². The third-order valence-corrected chi connectivity index (χ3v) is 4.13. The Morgan fingerprint density at radius 1 is 1.12 bits per heavy atom. The maximum absolute atomic E-state index is 12.5. The Bertz CT molecular complexity index is 969. The van der Waals surface area contributed by atoms with E-state index in [4.69, 9.17) is 23.2 Å². The number of hydrogen-bond donors (Lipinski definition) is 1. The second-order valence-electron chi connectivity index (χ2n) is 7.48. The Morgan fingerprint density at radius 2 is 1.77 bits per heavy atom. The Hall–Kier alpha value is -2.11. The standard InChI is InChI=1S/C19H20Cl2N4O/c1-11-5-6-15-17(22-11)25(14-8-12(20)7-13(21)9-14)18(23-15)24-16(26)10-19(2,3)4/h5-9H,10H2,1-4H3,(H,23,24,26). The number of anilines is 1. The van der Waals surface area contributed by atoms with Crippen molar-refractivity contribution in [2.75, 3.05) is 5.32 Å². The van der Waals surface area contributed by atoms with Gasteiger partial charge in [-0.3, -0.25) is 14.7 Å². The van der Waals surface area contributed by atoms with E-state index < -0.39 is 0 Å². The van der Waals surface area contributed by atoms with Gasteiger partial charge in [-0.25, -0.2) is 9.97 Å². The molecule has 0 saturated heterocycles. The smallest absolute Gasteiger partial charge is 0.227 e. The van der Waals surface area contributed by atoms with Gasteiger partial charge in [0.2, 0.25) is 11.9 Å². The van der Waals surface area contributed by atoms with Gasteiger partial charge in [0, 0.05) is 22.2 Å². The summed E-state index contributed by atoms with van der Waals surface area (Å²) in [5.41, 5.74) is 2.72. The second kappa shape index (κ2) is 6.89. The lowest BCUT2D eigenvalue weighted by atomic mass is 9.92. The first-order valence-corrected chi connectivity index (χ1v) is 9.00. The number of aromatic nitrogens is 3. The van der Waals surface area contributed by atoms with Crippen LogP contribution in [0.1, 0.15) is 32.9 Å². The number of amides is 1.